The van der Waals surface area contributed by atoms with Crippen LogP contribution < -0.4 is 5.32 Å². The van der Waals surface area contributed by atoms with Gasteiger partial charge >= 0.3 is 5.97 Å². The highest BCUT2D eigenvalue weighted by Gasteiger charge is 2.25. The second-order valence-corrected chi connectivity index (χ2v) is 6.78. The summed E-state index contributed by atoms with van der Waals surface area (Å²) in [5, 5.41) is 4.93. The van der Waals surface area contributed by atoms with Crippen LogP contribution in [0.15, 0.2) is 30.5 Å². The lowest BCUT2D eigenvalue weighted by molar-refractivity contribution is -0.141. The average Bonchev–Trinajstić information content (AvgIpc) is 3.28. The molecule has 1 aromatic heterocycles. The number of esters is 1. The van der Waals surface area contributed by atoms with Crippen molar-refractivity contribution in [2.75, 3.05) is 13.2 Å². The Bertz CT molecular complexity index is 737. The number of thiocarbonyl (C=S) groups is 1. The molecule has 0 unspecified atom stereocenters. The third kappa shape index (κ3) is 4.31. The number of hydrogen-bond donors (Lipinski definition) is 2. The molecule has 0 radical (unpaired) electrons. The van der Waals surface area contributed by atoms with Gasteiger partial charge in [0, 0.05) is 29.7 Å². The second kappa shape index (κ2) is 8.34. The van der Waals surface area contributed by atoms with Gasteiger partial charge in [-0.05, 0) is 43.6 Å². The molecule has 1 saturated carbocycles. The number of aromatic nitrogens is 1. The van der Waals surface area contributed by atoms with Gasteiger partial charge in [0.15, 0.2) is 5.11 Å². The minimum absolute atomic E-state index is 0.115. The van der Waals surface area contributed by atoms with E-state index in [4.69, 9.17) is 17.0 Å². The summed E-state index contributed by atoms with van der Waals surface area (Å²) in [5.74, 6) is -0.275. The maximum absolute atomic E-state index is 11.6. The van der Waals surface area contributed by atoms with E-state index in [9.17, 15) is 4.79 Å². The summed E-state index contributed by atoms with van der Waals surface area (Å²) in [4.78, 5) is 17.2. The van der Waals surface area contributed by atoms with Crippen molar-refractivity contribution in [2.45, 2.75) is 45.2 Å². The predicted molar refractivity (Wildman–Crippen MR) is 103 cm³/mol. The predicted octanol–water partition coefficient (Wildman–Crippen LogP) is 3.35. The Morgan fingerprint density at radius 2 is 2.12 bits per heavy atom. The van der Waals surface area contributed by atoms with Crippen LogP contribution in [0.5, 0.6) is 0 Å². The number of hydrogen-bond acceptors (Lipinski definition) is 3. The van der Waals surface area contributed by atoms with Crippen molar-refractivity contribution < 1.29 is 9.53 Å². The highest BCUT2D eigenvalue weighted by atomic mass is 32.1. The first-order valence-electron chi connectivity index (χ1n) is 8.94. The largest absolute Gasteiger partial charge is 0.465 e. The van der Waals surface area contributed by atoms with E-state index in [1.807, 2.05) is 6.07 Å². The minimum atomic E-state index is -0.275. The Hall–Kier alpha value is -2.08. The zero-order chi connectivity index (χ0) is 17.6. The van der Waals surface area contributed by atoms with Crippen LogP contribution in [0.4, 0.5) is 0 Å². The molecule has 0 saturated heterocycles. The number of aromatic amines is 1. The van der Waals surface area contributed by atoms with Crippen LogP contribution in [0, 0.1) is 0 Å². The molecule has 0 spiro atoms. The number of nitrogens with zero attached hydrogens (tertiary/aromatic N) is 1. The summed E-state index contributed by atoms with van der Waals surface area (Å²) in [6.45, 7) is 3.04. The van der Waals surface area contributed by atoms with Crippen LogP contribution in [-0.4, -0.2) is 40.2 Å². The SMILES string of the molecule is CCOC(=O)CNC(=S)N(Cc1c[nH]c2ccccc12)C1CCCC1. The molecular weight excluding hydrogens is 334 g/mol. The van der Waals surface area contributed by atoms with E-state index >= 15 is 0 Å². The quantitative estimate of drug-likeness (QED) is 0.612. The van der Waals surface area contributed by atoms with Crippen LogP contribution in [0.3, 0.4) is 0 Å². The molecule has 25 heavy (non-hydrogen) atoms. The number of rotatable bonds is 6. The third-order valence-electron chi connectivity index (χ3n) is 4.73. The number of fused-ring (bicyclic) bond motifs is 1. The molecule has 0 atom stereocenters. The molecule has 3 rings (SSSR count). The third-order valence-corrected chi connectivity index (χ3v) is 5.11. The fourth-order valence-electron chi connectivity index (χ4n) is 3.49. The number of H-pyrrole nitrogens is 1. The second-order valence-electron chi connectivity index (χ2n) is 6.39. The van der Waals surface area contributed by atoms with Crippen LogP contribution in [0.2, 0.25) is 0 Å². The summed E-state index contributed by atoms with van der Waals surface area (Å²) in [6, 6.07) is 8.72. The molecule has 1 aliphatic rings. The smallest absolute Gasteiger partial charge is 0.325 e. The minimum Gasteiger partial charge on any atom is -0.465 e. The van der Waals surface area contributed by atoms with Crippen LogP contribution in [0.1, 0.15) is 38.2 Å². The summed E-state index contributed by atoms with van der Waals surface area (Å²) in [7, 11) is 0. The summed E-state index contributed by atoms with van der Waals surface area (Å²) < 4.78 is 4.98. The van der Waals surface area contributed by atoms with E-state index in [2.05, 4.69) is 39.6 Å². The molecule has 0 bridgehead atoms. The van der Waals surface area contributed by atoms with Crippen molar-refractivity contribution in [3.63, 3.8) is 0 Å². The molecule has 1 aromatic carbocycles. The van der Waals surface area contributed by atoms with Gasteiger partial charge in [-0.15, -0.1) is 0 Å². The highest BCUT2D eigenvalue weighted by molar-refractivity contribution is 7.80. The maximum atomic E-state index is 11.6. The number of ether oxygens (including phenoxy) is 1. The fraction of sp³-hybridized carbons (Fsp3) is 0.474. The first-order valence-corrected chi connectivity index (χ1v) is 9.35. The monoisotopic (exact) mass is 359 g/mol. The van der Waals surface area contributed by atoms with E-state index in [1.165, 1.54) is 23.8 Å². The van der Waals surface area contributed by atoms with Crippen LogP contribution in [-0.2, 0) is 16.1 Å². The summed E-state index contributed by atoms with van der Waals surface area (Å²) in [6.07, 6.45) is 6.80. The first kappa shape index (κ1) is 17.7. The van der Waals surface area contributed by atoms with Crippen molar-refractivity contribution in [3.05, 3.63) is 36.0 Å². The Labute approximate surface area is 153 Å². The van der Waals surface area contributed by atoms with Crippen LogP contribution >= 0.6 is 12.2 Å². The van der Waals surface area contributed by atoms with E-state index < -0.39 is 0 Å². The normalized spacial score (nSPS) is 14.6. The molecule has 1 aliphatic carbocycles. The number of carbonyl (C=O) groups excluding carboxylic acids is 1. The van der Waals surface area contributed by atoms with Gasteiger partial charge in [-0.1, -0.05) is 31.0 Å². The summed E-state index contributed by atoms with van der Waals surface area (Å²) in [5.41, 5.74) is 2.36. The Kier molecular flexibility index (Phi) is 5.91. The standard InChI is InChI=1S/C19H25N3O2S/c1-2-24-18(23)12-21-19(25)22(15-7-3-4-8-15)13-14-11-20-17-10-6-5-9-16(14)17/h5-6,9-11,15,20H,2-4,7-8,12-13H2,1H3,(H,21,25). The lowest BCUT2D eigenvalue weighted by Gasteiger charge is -2.31. The van der Waals surface area contributed by atoms with E-state index in [0.29, 0.717) is 17.8 Å². The maximum Gasteiger partial charge on any atom is 0.325 e. The molecule has 0 amide bonds. The van der Waals surface area contributed by atoms with Gasteiger partial charge in [0.05, 0.1) is 6.61 Å². The molecule has 2 N–H and O–H groups in total. The molecular formula is C19H25N3O2S. The molecule has 1 heterocycles. The van der Waals surface area contributed by atoms with Gasteiger partial charge in [-0.2, -0.15) is 0 Å². The van der Waals surface area contributed by atoms with Gasteiger partial charge < -0.3 is 19.9 Å². The van der Waals surface area contributed by atoms with Crippen molar-refractivity contribution in [2.24, 2.45) is 0 Å². The number of carbonyl (C=O) groups is 1. The van der Waals surface area contributed by atoms with Crippen molar-refractivity contribution in [3.8, 4) is 0 Å². The van der Waals surface area contributed by atoms with Crippen molar-refractivity contribution in [1.29, 1.82) is 0 Å². The van der Waals surface area contributed by atoms with E-state index in [0.717, 1.165) is 24.9 Å². The molecule has 2 aromatic rings. The highest BCUT2D eigenvalue weighted by Crippen LogP contribution is 2.27. The van der Waals surface area contributed by atoms with Gasteiger partial charge in [0.2, 0.25) is 0 Å². The molecule has 5 nitrogen and oxygen atoms in total. The zero-order valence-corrected chi connectivity index (χ0v) is 15.4. The van der Waals surface area contributed by atoms with Crippen LogP contribution in [0.25, 0.3) is 10.9 Å². The Morgan fingerprint density at radius 3 is 2.88 bits per heavy atom. The number of para-hydroxylation sites is 1. The van der Waals surface area contributed by atoms with E-state index in [-0.39, 0.29) is 12.5 Å². The van der Waals surface area contributed by atoms with Gasteiger partial charge in [0.25, 0.3) is 0 Å². The van der Waals surface area contributed by atoms with Crippen molar-refractivity contribution >= 4 is 34.2 Å². The van der Waals surface area contributed by atoms with Gasteiger partial charge in [-0.3, -0.25) is 4.79 Å². The lowest BCUT2D eigenvalue weighted by atomic mass is 10.1. The number of benzene rings is 1. The summed E-state index contributed by atoms with van der Waals surface area (Å²) >= 11 is 5.61. The average molecular weight is 359 g/mol. The lowest BCUT2D eigenvalue weighted by Crippen LogP contribution is -2.46. The fourth-order valence-corrected chi connectivity index (χ4v) is 3.78. The molecule has 134 valence electrons. The molecule has 0 aliphatic heterocycles. The van der Waals surface area contributed by atoms with Crippen molar-refractivity contribution in [1.82, 2.24) is 15.2 Å². The Balaban J connectivity index is 1.73. The first-order chi connectivity index (χ1) is 12.2. The molecule has 6 heteroatoms. The Morgan fingerprint density at radius 1 is 1.36 bits per heavy atom. The topological polar surface area (TPSA) is 57.4 Å². The van der Waals surface area contributed by atoms with E-state index in [1.54, 1.807) is 6.92 Å². The molecule has 1 fully saturated rings. The van der Waals surface area contributed by atoms with Gasteiger partial charge in [-0.25, -0.2) is 0 Å². The zero-order valence-electron chi connectivity index (χ0n) is 14.6. The van der Waals surface area contributed by atoms with Gasteiger partial charge in [0.1, 0.15) is 6.54 Å². The number of nitrogens with one attached hydrogen (secondary N) is 2.